The lowest BCUT2D eigenvalue weighted by molar-refractivity contribution is 0.564. The van der Waals surface area contributed by atoms with Crippen molar-refractivity contribution in [2.24, 2.45) is 10.1 Å². The zero-order valence-electron chi connectivity index (χ0n) is 4.50. The molecule has 48 valence electrons. The zero-order valence-corrected chi connectivity index (χ0v) is 4.50. The van der Waals surface area contributed by atoms with E-state index in [2.05, 4.69) is 15.4 Å². The molecule has 1 aliphatic rings. The Labute approximate surface area is 51.0 Å². The molecule has 1 heterocycles. The lowest BCUT2D eigenvalue weighted by Crippen LogP contribution is -2.22. The Bertz CT molecular complexity index is 173. The fourth-order valence-corrected chi connectivity index (χ4v) is 0.447. The van der Waals surface area contributed by atoms with E-state index in [1.807, 2.05) is 0 Å². The molecule has 0 aromatic rings. The maximum atomic E-state index is 12.0. The zero-order chi connectivity index (χ0) is 6.69. The Kier molecular flexibility index (Phi) is 1.53. The van der Waals surface area contributed by atoms with E-state index in [0.717, 1.165) is 12.4 Å². The number of halogens is 1. The predicted molar refractivity (Wildman–Crippen MR) is 29.8 cm³/mol. The summed E-state index contributed by atoms with van der Waals surface area (Å²) in [6.45, 7) is 0. The Balaban J connectivity index is 2.58. The molecule has 0 fully saturated rings. The first-order valence-corrected chi connectivity index (χ1v) is 2.34. The molecule has 9 heavy (non-hydrogen) atoms. The lowest BCUT2D eigenvalue weighted by atomic mass is 10.5. The number of hydrogen-bond acceptors (Lipinski definition) is 4. The number of rotatable bonds is 1. The van der Waals surface area contributed by atoms with Crippen molar-refractivity contribution in [3.63, 3.8) is 0 Å². The molecule has 0 amide bonds. The predicted octanol–water partition coefficient (Wildman–Crippen LogP) is 0.786. The molecule has 1 aliphatic heterocycles. The molecule has 0 aromatic heterocycles. The van der Waals surface area contributed by atoms with Crippen LogP contribution in [0.15, 0.2) is 22.1 Å². The highest BCUT2D eigenvalue weighted by molar-refractivity contribution is 5.76. The van der Waals surface area contributed by atoms with Gasteiger partial charge in [0.15, 0.2) is 5.83 Å². The van der Waals surface area contributed by atoms with Gasteiger partial charge in [-0.05, 0) is 0 Å². The number of nitrogens with one attached hydrogen (secondary N) is 2. The van der Waals surface area contributed by atoms with E-state index in [4.69, 9.17) is 5.53 Å². The summed E-state index contributed by atoms with van der Waals surface area (Å²) in [6.07, 6.45) is 1.51. The molecule has 0 aliphatic carbocycles. The molecule has 0 saturated heterocycles. The molecule has 0 spiro atoms. The summed E-state index contributed by atoms with van der Waals surface area (Å²) in [5, 5.41) is 5.44. The van der Waals surface area contributed by atoms with Gasteiger partial charge in [0.05, 0.1) is 6.21 Å². The summed E-state index contributed by atoms with van der Waals surface area (Å²) in [5.41, 5.74) is 6.46. The van der Waals surface area contributed by atoms with Gasteiger partial charge in [-0.3, -0.25) is 0 Å². The van der Waals surface area contributed by atoms with Crippen molar-refractivity contribution in [1.82, 2.24) is 5.32 Å². The number of hydrogen-bond donors (Lipinski definition) is 2. The molecular weight excluding hydrogens is 123 g/mol. The van der Waals surface area contributed by atoms with Crippen LogP contribution in [0.5, 0.6) is 0 Å². The third-order valence-electron chi connectivity index (χ3n) is 0.832. The second-order valence-electron chi connectivity index (χ2n) is 1.48. The van der Waals surface area contributed by atoms with E-state index >= 15 is 0 Å². The first-order valence-electron chi connectivity index (χ1n) is 2.34. The Hall–Kier alpha value is -1.26. The van der Waals surface area contributed by atoms with Crippen LogP contribution in [-0.4, -0.2) is 12.5 Å². The van der Waals surface area contributed by atoms with Gasteiger partial charge in [-0.2, -0.15) is 0 Å². The topological polar surface area (TPSA) is 60.6 Å². The number of aliphatic imine (C=N–C) groups is 1. The van der Waals surface area contributed by atoms with Gasteiger partial charge in [0.25, 0.3) is 0 Å². The molecule has 1 unspecified atom stereocenters. The Morgan fingerprint density at radius 3 is 3.11 bits per heavy atom. The standard InChI is InChI=1S/C4H5FN4/c5-3-1-7-4(9-6)8-2-3/h1-2,4,6-7H. The second kappa shape index (κ2) is 2.34. The fraction of sp³-hybridized carbons (Fsp3) is 0.250. The van der Waals surface area contributed by atoms with Gasteiger partial charge < -0.3 is 5.32 Å². The normalized spacial score (nSPS) is 24.6. The van der Waals surface area contributed by atoms with Crippen molar-refractivity contribution in [3.05, 3.63) is 12.0 Å². The minimum Gasteiger partial charge on any atom is -0.348 e. The van der Waals surface area contributed by atoms with Crippen molar-refractivity contribution >= 4 is 6.21 Å². The van der Waals surface area contributed by atoms with Crippen LogP contribution in [0.1, 0.15) is 0 Å². The van der Waals surface area contributed by atoms with E-state index in [9.17, 15) is 4.39 Å². The van der Waals surface area contributed by atoms with Crippen molar-refractivity contribution < 1.29 is 4.39 Å². The van der Waals surface area contributed by atoms with E-state index in [1.54, 1.807) is 0 Å². The van der Waals surface area contributed by atoms with E-state index in [-0.39, 0.29) is 0 Å². The van der Waals surface area contributed by atoms with Gasteiger partial charge in [-0.15, -0.1) is 5.11 Å². The van der Waals surface area contributed by atoms with Crippen LogP contribution >= 0.6 is 0 Å². The third kappa shape index (κ3) is 1.31. The average molecular weight is 128 g/mol. The van der Waals surface area contributed by atoms with E-state index < -0.39 is 12.1 Å². The van der Waals surface area contributed by atoms with Crippen LogP contribution in [0, 0.1) is 5.53 Å². The molecule has 4 nitrogen and oxygen atoms in total. The smallest absolute Gasteiger partial charge is 0.232 e. The maximum absolute atomic E-state index is 12.0. The molecule has 2 N–H and O–H groups in total. The molecule has 5 heteroatoms. The molecule has 1 rings (SSSR count). The quantitative estimate of drug-likeness (QED) is 0.504. The average Bonchev–Trinajstić information content (AvgIpc) is 1.90. The first kappa shape index (κ1) is 5.87. The van der Waals surface area contributed by atoms with Crippen LogP contribution in [0.2, 0.25) is 0 Å². The second-order valence-corrected chi connectivity index (χ2v) is 1.48. The molecule has 0 saturated carbocycles. The number of allylic oxidation sites excluding steroid dienone is 1. The molecule has 0 aromatic carbocycles. The highest BCUT2D eigenvalue weighted by atomic mass is 19.1. The summed E-state index contributed by atoms with van der Waals surface area (Å²) in [7, 11) is 0. The van der Waals surface area contributed by atoms with Gasteiger partial charge in [-0.25, -0.2) is 14.9 Å². The monoisotopic (exact) mass is 128 g/mol. The summed E-state index contributed by atoms with van der Waals surface area (Å²) in [5.74, 6) is -0.449. The van der Waals surface area contributed by atoms with Crippen molar-refractivity contribution in [2.75, 3.05) is 0 Å². The fourth-order valence-electron chi connectivity index (χ4n) is 0.447. The summed E-state index contributed by atoms with van der Waals surface area (Å²) < 4.78 is 12.0. The van der Waals surface area contributed by atoms with Crippen molar-refractivity contribution in [1.29, 1.82) is 5.53 Å². The molecule has 1 atom stereocenters. The van der Waals surface area contributed by atoms with Crippen LogP contribution in [-0.2, 0) is 0 Å². The maximum Gasteiger partial charge on any atom is 0.232 e. The molecule has 0 bridgehead atoms. The Morgan fingerprint density at radius 2 is 2.67 bits per heavy atom. The van der Waals surface area contributed by atoms with Crippen LogP contribution in [0.25, 0.3) is 0 Å². The minimum atomic E-state index is -0.635. The van der Waals surface area contributed by atoms with Crippen LogP contribution < -0.4 is 5.32 Å². The van der Waals surface area contributed by atoms with Crippen molar-refractivity contribution in [3.8, 4) is 0 Å². The van der Waals surface area contributed by atoms with E-state index in [1.165, 1.54) is 0 Å². The van der Waals surface area contributed by atoms with E-state index in [0.29, 0.717) is 0 Å². The summed E-state index contributed by atoms with van der Waals surface area (Å²) in [6, 6.07) is 0. The van der Waals surface area contributed by atoms with Gasteiger partial charge in [0.2, 0.25) is 6.29 Å². The largest absolute Gasteiger partial charge is 0.348 e. The Morgan fingerprint density at radius 1 is 1.89 bits per heavy atom. The highest BCUT2D eigenvalue weighted by Crippen LogP contribution is 1.99. The molecular formula is C4H5FN4. The minimum absolute atomic E-state index is 0.449. The third-order valence-corrected chi connectivity index (χ3v) is 0.832. The van der Waals surface area contributed by atoms with Gasteiger partial charge >= 0.3 is 0 Å². The summed E-state index contributed by atoms with van der Waals surface area (Å²) >= 11 is 0. The summed E-state index contributed by atoms with van der Waals surface area (Å²) in [4.78, 5) is 3.50. The van der Waals surface area contributed by atoms with Crippen LogP contribution in [0.4, 0.5) is 4.39 Å². The highest BCUT2D eigenvalue weighted by Gasteiger charge is 2.03. The first-order chi connectivity index (χ1) is 4.33. The van der Waals surface area contributed by atoms with Gasteiger partial charge in [0.1, 0.15) is 0 Å². The van der Waals surface area contributed by atoms with Crippen molar-refractivity contribution in [2.45, 2.75) is 6.29 Å². The lowest BCUT2D eigenvalue weighted by Gasteiger charge is -2.07. The molecule has 0 radical (unpaired) electrons. The number of nitrogens with zero attached hydrogens (tertiary/aromatic N) is 2. The van der Waals surface area contributed by atoms with Gasteiger partial charge in [-0.1, -0.05) is 0 Å². The van der Waals surface area contributed by atoms with Gasteiger partial charge in [0, 0.05) is 6.20 Å². The SMILES string of the molecule is N=NC1N=CC(F)=CN1. The van der Waals surface area contributed by atoms with Crippen LogP contribution in [0.3, 0.4) is 0 Å².